The van der Waals surface area contributed by atoms with Crippen LogP contribution in [0.3, 0.4) is 0 Å². The minimum absolute atomic E-state index is 0.260. The molecule has 0 aliphatic carbocycles. The third-order valence-corrected chi connectivity index (χ3v) is 6.67. The van der Waals surface area contributed by atoms with Crippen LogP contribution in [0.1, 0.15) is 16.7 Å². The predicted molar refractivity (Wildman–Crippen MR) is 136 cm³/mol. The highest BCUT2D eigenvalue weighted by atomic mass is 32.1. The van der Waals surface area contributed by atoms with Crippen LogP contribution < -0.4 is 5.32 Å². The molecule has 0 bridgehead atoms. The molecule has 7 heteroatoms. The molecule has 0 aliphatic rings. The van der Waals surface area contributed by atoms with E-state index in [0.717, 1.165) is 37.6 Å². The van der Waals surface area contributed by atoms with E-state index in [2.05, 4.69) is 16.4 Å². The van der Waals surface area contributed by atoms with Gasteiger partial charge in [-0.15, -0.1) is 11.3 Å². The third kappa shape index (κ3) is 4.60. The molecule has 0 unspecified atom stereocenters. The molecule has 0 saturated carbocycles. The van der Waals surface area contributed by atoms with E-state index in [4.69, 9.17) is 0 Å². The third-order valence-electron chi connectivity index (χ3n) is 5.58. The van der Waals surface area contributed by atoms with E-state index in [-0.39, 0.29) is 18.0 Å². The maximum atomic E-state index is 11.5. The van der Waals surface area contributed by atoms with Gasteiger partial charge in [0.25, 0.3) is 0 Å². The van der Waals surface area contributed by atoms with Gasteiger partial charge in [0.15, 0.2) is 5.75 Å². The molecule has 0 amide bonds. The average molecular weight is 468 g/mol. The van der Waals surface area contributed by atoms with Crippen LogP contribution in [0, 0.1) is 10.1 Å². The normalized spacial score (nSPS) is 10.9. The number of benzene rings is 4. The van der Waals surface area contributed by atoms with Gasteiger partial charge >= 0.3 is 5.69 Å². The van der Waals surface area contributed by atoms with Gasteiger partial charge in [-0.2, -0.15) is 0 Å². The molecular weight excluding hydrogens is 446 g/mol. The quantitative estimate of drug-likeness (QED) is 0.203. The Bertz CT molecular complexity index is 1430. The number of nitrogens with zero attached hydrogens (tertiary/aromatic N) is 2. The van der Waals surface area contributed by atoms with E-state index >= 15 is 0 Å². The van der Waals surface area contributed by atoms with Crippen LogP contribution in [0.25, 0.3) is 20.8 Å². The fraction of sp³-hybridized carbons (Fsp3) is 0.0741. The number of nitrogens with one attached hydrogen (secondary N) is 1. The van der Waals surface area contributed by atoms with Crippen LogP contribution in [0.4, 0.5) is 11.4 Å². The molecule has 4 aromatic carbocycles. The van der Waals surface area contributed by atoms with E-state index in [0.29, 0.717) is 12.0 Å². The molecule has 0 fully saturated rings. The van der Waals surface area contributed by atoms with Gasteiger partial charge in [-0.25, -0.2) is 4.98 Å². The minimum Gasteiger partial charge on any atom is -0.502 e. The van der Waals surface area contributed by atoms with Gasteiger partial charge in [-0.1, -0.05) is 42.5 Å². The molecular formula is C27H21N3O3S. The minimum atomic E-state index is -0.542. The van der Waals surface area contributed by atoms with E-state index in [1.807, 2.05) is 78.9 Å². The Labute approximate surface area is 200 Å². The summed E-state index contributed by atoms with van der Waals surface area (Å²) in [5.41, 5.74) is 4.88. The molecule has 0 saturated heterocycles. The van der Waals surface area contributed by atoms with Crippen molar-refractivity contribution in [1.82, 2.24) is 4.98 Å². The van der Waals surface area contributed by atoms with E-state index < -0.39 is 4.92 Å². The zero-order chi connectivity index (χ0) is 23.5. The first-order valence-corrected chi connectivity index (χ1v) is 11.6. The topological polar surface area (TPSA) is 88.3 Å². The zero-order valence-corrected chi connectivity index (χ0v) is 19.0. The number of thiazole rings is 1. The standard InChI is InChI=1S/C27H21N3O3S/c31-26-21(15-19(16-24(26)30(32)33)14-18-6-2-1-3-7-18)17-28-22-12-10-20(11-13-22)27-29-23-8-4-5-9-25(23)34-27/h1-13,15-16,28,31H,14,17H2. The summed E-state index contributed by atoms with van der Waals surface area (Å²) in [7, 11) is 0. The van der Waals surface area contributed by atoms with Crippen molar-refractivity contribution in [1.29, 1.82) is 0 Å². The molecule has 0 aliphatic heterocycles. The van der Waals surface area contributed by atoms with Crippen molar-refractivity contribution in [2.75, 3.05) is 5.32 Å². The fourth-order valence-corrected chi connectivity index (χ4v) is 4.84. The number of para-hydroxylation sites is 1. The van der Waals surface area contributed by atoms with Gasteiger partial charge in [0.1, 0.15) is 5.01 Å². The Hall–Kier alpha value is -4.23. The van der Waals surface area contributed by atoms with Crippen molar-refractivity contribution >= 4 is 32.9 Å². The number of anilines is 1. The molecule has 1 heterocycles. The second-order valence-corrected chi connectivity index (χ2v) is 8.99. The van der Waals surface area contributed by atoms with E-state index in [1.165, 1.54) is 6.07 Å². The molecule has 168 valence electrons. The molecule has 1 aromatic heterocycles. The van der Waals surface area contributed by atoms with Crippen LogP contribution in [-0.2, 0) is 13.0 Å². The Kier molecular flexibility index (Phi) is 5.93. The average Bonchev–Trinajstić information content (AvgIpc) is 3.29. The lowest BCUT2D eigenvalue weighted by atomic mass is 10.0. The van der Waals surface area contributed by atoms with Gasteiger partial charge in [0, 0.05) is 29.4 Å². The highest BCUT2D eigenvalue weighted by molar-refractivity contribution is 7.21. The summed E-state index contributed by atoms with van der Waals surface area (Å²) in [5.74, 6) is -0.305. The van der Waals surface area contributed by atoms with Gasteiger partial charge in [0.05, 0.1) is 15.1 Å². The Balaban J connectivity index is 1.35. The monoisotopic (exact) mass is 467 g/mol. The van der Waals surface area contributed by atoms with Crippen LogP contribution in [0.2, 0.25) is 0 Å². The highest BCUT2D eigenvalue weighted by Gasteiger charge is 2.19. The SMILES string of the molecule is O=[N+]([O-])c1cc(Cc2ccccc2)cc(CNc2ccc(-c3nc4ccccc4s3)cc2)c1O. The number of phenolic OH excluding ortho intramolecular Hbond substituents is 1. The predicted octanol–water partition coefficient (Wildman–Crippen LogP) is 6.78. The van der Waals surface area contributed by atoms with Crippen molar-refractivity contribution in [3.05, 3.63) is 118 Å². The van der Waals surface area contributed by atoms with Gasteiger partial charge < -0.3 is 10.4 Å². The van der Waals surface area contributed by atoms with Crippen molar-refractivity contribution in [3.63, 3.8) is 0 Å². The fourth-order valence-electron chi connectivity index (χ4n) is 3.87. The molecule has 34 heavy (non-hydrogen) atoms. The summed E-state index contributed by atoms with van der Waals surface area (Å²) in [4.78, 5) is 15.7. The maximum Gasteiger partial charge on any atom is 0.311 e. The molecule has 5 aromatic rings. The van der Waals surface area contributed by atoms with Crippen LogP contribution >= 0.6 is 11.3 Å². The second kappa shape index (κ2) is 9.33. The Morgan fingerprint density at radius 1 is 0.912 bits per heavy atom. The van der Waals surface area contributed by atoms with Crippen molar-refractivity contribution in [2.24, 2.45) is 0 Å². The van der Waals surface area contributed by atoms with Crippen molar-refractivity contribution < 1.29 is 10.0 Å². The number of nitro benzene ring substituents is 1. The summed E-state index contributed by atoms with van der Waals surface area (Å²) >= 11 is 1.65. The molecule has 0 spiro atoms. The van der Waals surface area contributed by atoms with Crippen LogP contribution in [-0.4, -0.2) is 15.0 Å². The van der Waals surface area contributed by atoms with Gasteiger partial charge in [-0.3, -0.25) is 10.1 Å². The van der Waals surface area contributed by atoms with Crippen molar-refractivity contribution in [3.8, 4) is 16.3 Å². The summed E-state index contributed by atoms with van der Waals surface area (Å²) < 4.78 is 1.15. The number of hydrogen-bond acceptors (Lipinski definition) is 6. The first-order chi connectivity index (χ1) is 16.6. The number of nitro groups is 1. The number of fused-ring (bicyclic) bond motifs is 1. The largest absolute Gasteiger partial charge is 0.502 e. The molecule has 0 atom stereocenters. The Morgan fingerprint density at radius 3 is 2.38 bits per heavy atom. The Morgan fingerprint density at radius 2 is 1.65 bits per heavy atom. The number of hydrogen-bond donors (Lipinski definition) is 2. The van der Waals surface area contributed by atoms with Gasteiger partial charge in [0.2, 0.25) is 0 Å². The summed E-state index contributed by atoms with van der Waals surface area (Å²) in [6, 6.07) is 28.9. The highest BCUT2D eigenvalue weighted by Crippen LogP contribution is 2.34. The summed E-state index contributed by atoms with van der Waals surface area (Å²) in [6.45, 7) is 0.260. The molecule has 0 radical (unpaired) electrons. The van der Waals surface area contributed by atoms with E-state index in [1.54, 1.807) is 11.3 Å². The number of rotatable bonds is 7. The summed E-state index contributed by atoms with van der Waals surface area (Å²) in [6.07, 6.45) is 0.547. The number of phenols is 1. The first-order valence-electron chi connectivity index (χ1n) is 10.8. The summed E-state index contributed by atoms with van der Waals surface area (Å²) in [5, 5.41) is 26.2. The smallest absolute Gasteiger partial charge is 0.311 e. The van der Waals surface area contributed by atoms with Crippen molar-refractivity contribution in [2.45, 2.75) is 13.0 Å². The van der Waals surface area contributed by atoms with Crippen LogP contribution in [0.5, 0.6) is 5.75 Å². The second-order valence-electron chi connectivity index (χ2n) is 7.96. The number of aromatic nitrogens is 1. The lowest BCUT2D eigenvalue weighted by molar-refractivity contribution is -0.386. The lowest BCUT2D eigenvalue weighted by Gasteiger charge is -2.11. The van der Waals surface area contributed by atoms with Crippen LogP contribution in [0.15, 0.2) is 91.0 Å². The molecule has 5 rings (SSSR count). The molecule has 2 N–H and O–H groups in total. The maximum absolute atomic E-state index is 11.5. The molecule has 6 nitrogen and oxygen atoms in total. The zero-order valence-electron chi connectivity index (χ0n) is 18.1. The number of aromatic hydroxyl groups is 1. The van der Waals surface area contributed by atoms with E-state index in [9.17, 15) is 15.2 Å². The van der Waals surface area contributed by atoms with Gasteiger partial charge in [-0.05, 0) is 60.0 Å². The lowest BCUT2D eigenvalue weighted by Crippen LogP contribution is -2.03. The first kappa shape index (κ1) is 21.6.